The molecule has 2 N–H and O–H groups in total. The number of likely N-dealkylation sites (tertiary alicyclic amines) is 1. The fourth-order valence-electron chi connectivity index (χ4n) is 2.47. The van der Waals surface area contributed by atoms with Gasteiger partial charge in [-0.15, -0.1) is 0 Å². The monoisotopic (exact) mass is 228 g/mol. The van der Waals surface area contributed by atoms with E-state index in [-0.39, 0.29) is 6.10 Å². The lowest BCUT2D eigenvalue weighted by molar-refractivity contribution is 0.0648. The highest BCUT2D eigenvalue weighted by molar-refractivity contribution is 4.78. The Labute approximate surface area is 100 Å². The summed E-state index contributed by atoms with van der Waals surface area (Å²) < 4.78 is 0. The summed E-state index contributed by atoms with van der Waals surface area (Å²) in [7, 11) is 0. The molecule has 0 aliphatic carbocycles. The van der Waals surface area contributed by atoms with Crippen LogP contribution in [-0.2, 0) is 0 Å². The van der Waals surface area contributed by atoms with Crippen LogP contribution in [-0.4, -0.2) is 47.8 Å². The van der Waals surface area contributed by atoms with Crippen LogP contribution >= 0.6 is 0 Å². The lowest BCUT2D eigenvalue weighted by atomic mass is 9.99. The van der Waals surface area contributed by atoms with Crippen LogP contribution < -0.4 is 5.32 Å². The maximum atomic E-state index is 9.96. The van der Waals surface area contributed by atoms with Gasteiger partial charge in [0.25, 0.3) is 0 Å². The molecule has 96 valence electrons. The zero-order valence-corrected chi connectivity index (χ0v) is 11.1. The smallest absolute Gasteiger partial charge is 0.0791 e. The topological polar surface area (TPSA) is 35.5 Å². The maximum Gasteiger partial charge on any atom is 0.0791 e. The van der Waals surface area contributed by atoms with Crippen molar-refractivity contribution in [2.24, 2.45) is 0 Å². The van der Waals surface area contributed by atoms with Crippen LogP contribution in [0.25, 0.3) is 0 Å². The third-order valence-electron chi connectivity index (χ3n) is 3.43. The number of hydrogen-bond donors (Lipinski definition) is 2. The van der Waals surface area contributed by atoms with Crippen molar-refractivity contribution in [2.45, 2.75) is 64.6 Å². The van der Waals surface area contributed by atoms with Gasteiger partial charge >= 0.3 is 0 Å². The van der Waals surface area contributed by atoms with Crippen molar-refractivity contribution in [3.05, 3.63) is 0 Å². The normalized spacial score (nSPS) is 24.9. The lowest BCUT2D eigenvalue weighted by Gasteiger charge is -2.36. The van der Waals surface area contributed by atoms with E-state index in [0.29, 0.717) is 18.6 Å². The molecular formula is C13H28N2O. The van der Waals surface area contributed by atoms with Crippen LogP contribution in [0.4, 0.5) is 0 Å². The molecule has 1 fully saturated rings. The fourth-order valence-corrected chi connectivity index (χ4v) is 2.47. The van der Waals surface area contributed by atoms with Gasteiger partial charge in [-0.05, 0) is 25.8 Å². The van der Waals surface area contributed by atoms with Gasteiger partial charge in [-0.25, -0.2) is 0 Å². The van der Waals surface area contributed by atoms with E-state index in [1.54, 1.807) is 0 Å². The molecule has 0 aromatic rings. The molecular weight excluding hydrogens is 200 g/mol. The Kier molecular flexibility index (Phi) is 6.32. The molecule has 1 saturated heterocycles. The number of piperidine rings is 1. The number of aliphatic hydroxyl groups is 1. The summed E-state index contributed by atoms with van der Waals surface area (Å²) in [6.45, 7) is 9.19. The molecule has 0 aromatic carbocycles. The summed E-state index contributed by atoms with van der Waals surface area (Å²) in [5.74, 6) is 0. The van der Waals surface area contributed by atoms with E-state index >= 15 is 0 Å². The second-order valence-electron chi connectivity index (χ2n) is 5.27. The van der Waals surface area contributed by atoms with Gasteiger partial charge in [-0.1, -0.05) is 27.2 Å². The van der Waals surface area contributed by atoms with Gasteiger partial charge in [0.2, 0.25) is 0 Å². The number of nitrogens with zero attached hydrogens (tertiary/aromatic N) is 1. The predicted octanol–water partition coefficient (Wildman–Crippen LogP) is 1.61. The summed E-state index contributed by atoms with van der Waals surface area (Å²) in [4.78, 5) is 2.47. The molecule has 3 heteroatoms. The van der Waals surface area contributed by atoms with Crippen molar-refractivity contribution in [3.63, 3.8) is 0 Å². The predicted molar refractivity (Wildman–Crippen MR) is 68.6 cm³/mol. The average molecular weight is 228 g/mol. The Morgan fingerprint density at radius 3 is 2.75 bits per heavy atom. The number of nitrogens with one attached hydrogen (secondary N) is 1. The summed E-state index contributed by atoms with van der Waals surface area (Å²) in [5, 5.41) is 13.3. The van der Waals surface area contributed by atoms with Crippen LogP contribution in [0.1, 0.15) is 46.5 Å². The Morgan fingerprint density at radius 2 is 2.12 bits per heavy atom. The van der Waals surface area contributed by atoms with E-state index < -0.39 is 0 Å². The van der Waals surface area contributed by atoms with Crippen molar-refractivity contribution in [1.29, 1.82) is 0 Å². The summed E-state index contributed by atoms with van der Waals surface area (Å²) >= 11 is 0. The van der Waals surface area contributed by atoms with Gasteiger partial charge in [0.15, 0.2) is 0 Å². The number of rotatable bonds is 6. The molecule has 1 heterocycles. The molecule has 1 aliphatic rings. The number of β-amino-alcohol motifs (C(OH)–C–C–N with tert-alkyl or cyclic N) is 1. The summed E-state index contributed by atoms with van der Waals surface area (Å²) in [6, 6.07) is 1.15. The highest BCUT2D eigenvalue weighted by atomic mass is 16.3. The van der Waals surface area contributed by atoms with Crippen LogP contribution in [0.3, 0.4) is 0 Å². The van der Waals surface area contributed by atoms with Crippen molar-refractivity contribution in [1.82, 2.24) is 10.2 Å². The van der Waals surface area contributed by atoms with Crippen LogP contribution in [0.15, 0.2) is 0 Å². The molecule has 3 nitrogen and oxygen atoms in total. The van der Waals surface area contributed by atoms with E-state index in [4.69, 9.17) is 0 Å². The van der Waals surface area contributed by atoms with Gasteiger partial charge in [0, 0.05) is 25.2 Å². The van der Waals surface area contributed by atoms with Crippen molar-refractivity contribution >= 4 is 0 Å². The van der Waals surface area contributed by atoms with Gasteiger partial charge in [0.1, 0.15) is 0 Å². The third-order valence-corrected chi connectivity index (χ3v) is 3.43. The summed E-state index contributed by atoms with van der Waals surface area (Å²) in [6.07, 6.45) is 4.94. The Bertz CT molecular complexity index is 185. The van der Waals surface area contributed by atoms with Crippen LogP contribution in [0.2, 0.25) is 0 Å². The SMILES string of the molecule is CCC1CCCCN1CC(O)CNC(C)C. The van der Waals surface area contributed by atoms with Gasteiger partial charge in [-0.3, -0.25) is 4.90 Å². The lowest BCUT2D eigenvalue weighted by Crippen LogP contribution is -2.46. The Morgan fingerprint density at radius 1 is 1.38 bits per heavy atom. The average Bonchev–Trinajstić information content (AvgIpc) is 2.27. The molecule has 0 saturated carbocycles. The van der Waals surface area contributed by atoms with Crippen molar-refractivity contribution < 1.29 is 5.11 Å². The van der Waals surface area contributed by atoms with Gasteiger partial charge in [-0.2, -0.15) is 0 Å². The minimum absolute atomic E-state index is 0.227. The molecule has 0 bridgehead atoms. The first kappa shape index (κ1) is 13.9. The molecule has 0 amide bonds. The Balaban J connectivity index is 2.27. The zero-order valence-electron chi connectivity index (χ0n) is 11.1. The van der Waals surface area contributed by atoms with E-state index in [1.807, 2.05) is 0 Å². The number of aliphatic hydroxyl groups excluding tert-OH is 1. The Hall–Kier alpha value is -0.120. The highest BCUT2D eigenvalue weighted by Gasteiger charge is 2.22. The largest absolute Gasteiger partial charge is 0.390 e. The quantitative estimate of drug-likeness (QED) is 0.725. The third kappa shape index (κ3) is 4.81. The molecule has 2 unspecified atom stereocenters. The first-order chi connectivity index (χ1) is 7.63. The second-order valence-corrected chi connectivity index (χ2v) is 5.27. The van der Waals surface area contributed by atoms with E-state index in [9.17, 15) is 5.11 Å². The minimum atomic E-state index is -0.227. The van der Waals surface area contributed by atoms with E-state index in [1.165, 1.54) is 25.7 Å². The molecule has 16 heavy (non-hydrogen) atoms. The standard InChI is InChI=1S/C13H28N2O/c1-4-12-7-5-6-8-15(12)10-13(16)9-14-11(2)3/h11-14,16H,4-10H2,1-3H3. The minimum Gasteiger partial charge on any atom is -0.390 e. The molecule has 1 rings (SSSR count). The van der Waals surface area contributed by atoms with Crippen LogP contribution in [0, 0.1) is 0 Å². The van der Waals surface area contributed by atoms with Gasteiger partial charge < -0.3 is 10.4 Å². The number of hydrogen-bond acceptors (Lipinski definition) is 3. The summed E-state index contributed by atoms with van der Waals surface area (Å²) in [5.41, 5.74) is 0. The van der Waals surface area contributed by atoms with E-state index in [2.05, 4.69) is 31.0 Å². The van der Waals surface area contributed by atoms with Gasteiger partial charge in [0.05, 0.1) is 6.10 Å². The second kappa shape index (κ2) is 7.25. The molecule has 1 aliphatic heterocycles. The van der Waals surface area contributed by atoms with E-state index in [0.717, 1.165) is 13.1 Å². The molecule has 0 aromatic heterocycles. The molecule has 2 atom stereocenters. The molecule has 0 radical (unpaired) electrons. The van der Waals surface area contributed by atoms with Crippen LogP contribution in [0.5, 0.6) is 0 Å². The first-order valence-electron chi connectivity index (χ1n) is 6.79. The highest BCUT2D eigenvalue weighted by Crippen LogP contribution is 2.19. The van der Waals surface area contributed by atoms with Crippen molar-refractivity contribution in [3.8, 4) is 0 Å². The maximum absolute atomic E-state index is 9.96. The molecule has 0 spiro atoms. The first-order valence-corrected chi connectivity index (χ1v) is 6.79. The van der Waals surface area contributed by atoms with Crippen molar-refractivity contribution in [2.75, 3.05) is 19.6 Å². The zero-order chi connectivity index (χ0) is 12.0. The fraction of sp³-hybridized carbons (Fsp3) is 1.00.